The van der Waals surface area contributed by atoms with Gasteiger partial charge in [-0.25, -0.2) is 4.79 Å². The fraction of sp³-hybridized carbons (Fsp3) is 0.400. The van der Waals surface area contributed by atoms with Gasteiger partial charge in [-0.05, 0) is 24.5 Å². The monoisotopic (exact) mass is 288 g/mol. The van der Waals surface area contributed by atoms with Crippen molar-refractivity contribution in [3.8, 4) is 11.8 Å². The first-order valence-corrected chi connectivity index (χ1v) is 6.68. The number of aliphatic carboxylic acids is 1. The standard InChI is InChI=1S/C15H16N2O4/c1-10-6-7-17(14(10)15(19)20)13(18)9-21-12-5-3-2-4-11(12)8-16/h2-5,10,14H,6-7,9H2,1H3,(H,19,20). The van der Waals surface area contributed by atoms with E-state index in [0.717, 1.165) is 0 Å². The molecule has 0 radical (unpaired) electrons. The zero-order valence-corrected chi connectivity index (χ0v) is 11.7. The number of nitrogens with zero attached hydrogens (tertiary/aromatic N) is 2. The van der Waals surface area contributed by atoms with Crippen LogP contribution in [-0.2, 0) is 9.59 Å². The zero-order chi connectivity index (χ0) is 15.4. The van der Waals surface area contributed by atoms with E-state index in [1.165, 1.54) is 4.90 Å². The minimum Gasteiger partial charge on any atom is -0.482 e. The van der Waals surface area contributed by atoms with Crippen molar-refractivity contribution in [2.24, 2.45) is 5.92 Å². The van der Waals surface area contributed by atoms with Gasteiger partial charge >= 0.3 is 5.97 Å². The van der Waals surface area contributed by atoms with E-state index >= 15 is 0 Å². The third-order valence-corrected chi connectivity index (χ3v) is 3.63. The van der Waals surface area contributed by atoms with Crippen LogP contribution in [-0.4, -0.2) is 41.1 Å². The van der Waals surface area contributed by atoms with Gasteiger partial charge in [0.1, 0.15) is 17.9 Å². The van der Waals surface area contributed by atoms with Crippen LogP contribution in [0.4, 0.5) is 0 Å². The van der Waals surface area contributed by atoms with Gasteiger partial charge in [0.15, 0.2) is 6.61 Å². The third kappa shape index (κ3) is 3.14. The van der Waals surface area contributed by atoms with E-state index in [2.05, 4.69) is 0 Å². The predicted molar refractivity (Wildman–Crippen MR) is 73.6 cm³/mol. The number of nitriles is 1. The quantitative estimate of drug-likeness (QED) is 0.900. The molecule has 0 aromatic heterocycles. The van der Waals surface area contributed by atoms with Crippen LogP contribution in [0.15, 0.2) is 24.3 Å². The minimum atomic E-state index is -0.995. The Kier molecular flexibility index (Phi) is 4.43. The SMILES string of the molecule is CC1CCN(C(=O)COc2ccccc2C#N)C1C(=O)O. The average Bonchev–Trinajstić information content (AvgIpc) is 2.87. The first kappa shape index (κ1) is 14.9. The highest BCUT2D eigenvalue weighted by atomic mass is 16.5. The second-order valence-electron chi connectivity index (χ2n) is 5.03. The highest BCUT2D eigenvalue weighted by Crippen LogP contribution is 2.24. The Balaban J connectivity index is 2.02. The lowest BCUT2D eigenvalue weighted by Gasteiger charge is -2.23. The van der Waals surface area contributed by atoms with Gasteiger partial charge in [0.25, 0.3) is 5.91 Å². The molecule has 1 saturated heterocycles. The molecule has 6 heteroatoms. The van der Waals surface area contributed by atoms with Crippen molar-refractivity contribution in [3.63, 3.8) is 0 Å². The Bertz CT molecular complexity index is 594. The van der Waals surface area contributed by atoms with Crippen LogP contribution in [0.25, 0.3) is 0 Å². The summed E-state index contributed by atoms with van der Waals surface area (Å²) in [5.41, 5.74) is 0.342. The molecule has 2 rings (SSSR count). The molecule has 1 fully saturated rings. The van der Waals surface area contributed by atoms with E-state index < -0.39 is 12.0 Å². The summed E-state index contributed by atoms with van der Waals surface area (Å²) in [6, 6.07) is 7.79. The lowest BCUT2D eigenvalue weighted by atomic mass is 10.0. The molecule has 0 bridgehead atoms. The summed E-state index contributed by atoms with van der Waals surface area (Å²) in [5.74, 6) is -1.12. The molecule has 2 unspecified atom stereocenters. The van der Waals surface area contributed by atoms with Gasteiger partial charge in [-0.1, -0.05) is 19.1 Å². The number of carboxylic acid groups (broad SMARTS) is 1. The zero-order valence-electron chi connectivity index (χ0n) is 11.7. The average molecular weight is 288 g/mol. The molecule has 0 aliphatic carbocycles. The molecular weight excluding hydrogens is 272 g/mol. The number of ether oxygens (including phenoxy) is 1. The van der Waals surface area contributed by atoms with Crippen LogP contribution in [0.3, 0.4) is 0 Å². The summed E-state index contributed by atoms with van der Waals surface area (Å²) >= 11 is 0. The Hall–Kier alpha value is -2.55. The number of benzene rings is 1. The van der Waals surface area contributed by atoms with Crippen molar-refractivity contribution < 1.29 is 19.4 Å². The number of para-hydroxylation sites is 1. The van der Waals surface area contributed by atoms with Crippen LogP contribution in [0.5, 0.6) is 5.75 Å². The molecule has 1 aliphatic rings. The molecule has 0 spiro atoms. The maximum atomic E-state index is 12.1. The van der Waals surface area contributed by atoms with Crippen molar-refractivity contribution in [1.29, 1.82) is 5.26 Å². The maximum absolute atomic E-state index is 12.1. The number of carbonyl (C=O) groups is 2. The summed E-state index contributed by atoms with van der Waals surface area (Å²) in [6.45, 7) is 1.97. The maximum Gasteiger partial charge on any atom is 0.326 e. The molecule has 1 heterocycles. The van der Waals surface area contributed by atoms with Gasteiger partial charge in [-0.15, -0.1) is 0 Å². The van der Waals surface area contributed by atoms with Crippen LogP contribution < -0.4 is 4.74 Å². The Morgan fingerprint density at radius 1 is 1.48 bits per heavy atom. The predicted octanol–water partition coefficient (Wildman–Crippen LogP) is 1.26. The summed E-state index contributed by atoms with van der Waals surface area (Å²) in [4.78, 5) is 24.7. The lowest BCUT2D eigenvalue weighted by molar-refractivity contribution is -0.150. The van der Waals surface area contributed by atoms with Crippen LogP contribution >= 0.6 is 0 Å². The van der Waals surface area contributed by atoms with E-state index in [4.69, 9.17) is 10.00 Å². The number of likely N-dealkylation sites (tertiary alicyclic amines) is 1. The molecule has 21 heavy (non-hydrogen) atoms. The van der Waals surface area contributed by atoms with Gasteiger partial charge in [-0.2, -0.15) is 5.26 Å². The second-order valence-corrected chi connectivity index (χ2v) is 5.03. The minimum absolute atomic E-state index is 0.0714. The molecule has 110 valence electrons. The van der Waals surface area contributed by atoms with Gasteiger partial charge in [0.2, 0.25) is 0 Å². The molecule has 1 aromatic carbocycles. The van der Waals surface area contributed by atoms with Crippen LogP contribution in [0.2, 0.25) is 0 Å². The molecule has 1 amide bonds. The molecule has 1 aliphatic heterocycles. The van der Waals surface area contributed by atoms with Crippen molar-refractivity contribution in [1.82, 2.24) is 4.90 Å². The first-order valence-electron chi connectivity index (χ1n) is 6.68. The first-order chi connectivity index (χ1) is 10.0. The van der Waals surface area contributed by atoms with Crippen molar-refractivity contribution in [2.45, 2.75) is 19.4 Å². The Morgan fingerprint density at radius 2 is 2.19 bits per heavy atom. The highest BCUT2D eigenvalue weighted by Gasteiger charge is 2.39. The van der Waals surface area contributed by atoms with E-state index in [-0.39, 0.29) is 18.4 Å². The van der Waals surface area contributed by atoms with E-state index in [1.807, 2.05) is 13.0 Å². The molecule has 1 aromatic rings. The van der Waals surface area contributed by atoms with Gasteiger partial charge in [0, 0.05) is 6.54 Å². The number of rotatable bonds is 4. The summed E-state index contributed by atoms with van der Waals surface area (Å²) < 4.78 is 5.36. The van der Waals surface area contributed by atoms with E-state index in [1.54, 1.807) is 24.3 Å². The van der Waals surface area contributed by atoms with Gasteiger partial charge < -0.3 is 14.7 Å². The van der Waals surface area contributed by atoms with E-state index in [9.17, 15) is 14.7 Å². The Morgan fingerprint density at radius 3 is 2.86 bits per heavy atom. The van der Waals surface area contributed by atoms with Crippen molar-refractivity contribution in [3.05, 3.63) is 29.8 Å². The normalized spacial score (nSPS) is 20.9. The van der Waals surface area contributed by atoms with Crippen LogP contribution in [0, 0.1) is 17.2 Å². The number of hydrogen-bond donors (Lipinski definition) is 1. The fourth-order valence-electron chi connectivity index (χ4n) is 2.51. The third-order valence-electron chi connectivity index (χ3n) is 3.63. The number of carboxylic acids is 1. The molecule has 2 atom stereocenters. The number of carbonyl (C=O) groups excluding carboxylic acids is 1. The van der Waals surface area contributed by atoms with Gasteiger partial charge in [-0.3, -0.25) is 4.79 Å². The lowest BCUT2D eigenvalue weighted by Crippen LogP contribution is -2.44. The second kappa shape index (κ2) is 6.27. The summed E-state index contributed by atoms with van der Waals surface area (Å²) in [5, 5.41) is 18.1. The molecule has 0 saturated carbocycles. The van der Waals surface area contributed by atoms with Crippen molar-refractivity contribution in [2.75, 3.05) is 13.2 Å². The van der Waals surface area contributed by atoms with Gasteiger partial charge in [0.05, 0.1) is 5.56 Å². The Labute approximate surface area is 122 Å². The van der Waals surface area contributed by atoms with E-state index in [0.29, 0.717) is 24.3 Å². The number of amides is 1. The molecule has 1 N–H and O–H groups in total. The van der Waals surface area contributed by atoms with Crippen LogP contribution in [0.1, 0.15) is 18.9 Å². The summed E-state index contributed by atoms with van der Waals surface area (Å²) in [6.07, 6.45) is 0.664. The van der Waals surface area contributed by atoms with Crippen molar-refractivity contribution >= 4 is 11.9 Å². The molecular formula is C15H16N2O4. The smallest absolute Gasteiger partial charge is 0.326 e. The number of hydrogen-bond acceptors (Lipinski definition) is 4. The molecule has 6 nitrogen and oxygen atoms in total. The fourth-order valence-corrected chi connectivity index (χ4v) is 2.51. The largest absolute Gasteiger partial charge is 0.482 e. The highest BCUT2D eigenvalue weighted by molar-refractivity contribution is 5.85. The summed E-state index contributed by atoms with van der Waals surface area (Å²) in [7, 11) is 0. The topological polar surface area (TPSA) is 90.6 Å².